The molecule has 0 saturated heterocycles. The molecule has 4 saturated carbocycles. The molecule has 4 fully saturated rings. The average molecular weight is 526 g/mol. The van der Waals surface area contributed by atoms with Gasteiger partial charge in [-0.1, -0.05) is 34.1 Å². The molecule has 34 heavy (non-hydrogen) atoms. The lowest BCUT2D eigenvalue weighted by molar-refractivity contribution is -0.175. The van der Waals surface area contributed by atoms with Crippen molar-refractivity contribution in [3.63, 3.8) is 0 Å². The molecule has 1 amide bonds. The summed E-state index contributed by atoms with van der Waals surface area (Å²) >= 11 is 3.94. The Morgan fingerprint density at radius 3 is 2.53 bits per heavy atom. The number of furan rings is 1. The summed E-state index contributed by atoms with van der Waals surface area (Å²) in [5.74, 6) is 1.04. The lowest BCUT2D eigenvalue weighted by atomic mass is 9.49. The number of alkyl halides is 1. The Hall–Kier alpha value is -2.54. The van der Waals surface area contributed by atoms with Gasteiger partial charge in [0.2, 0.25) is 0 Å². The lowest BCUT2D eigenvalue weighted by Crippen LogP contribution is -2.56. The summed E-state index contributed by atoms with van der Waals surface area (Å²) in [5, 5.41) is 4.77. The van der Waals surface area contributed by atoms with Crippen LogP contribution < -0.4 is 10.1 Å². The van der Waals surface area contributed by atoms with Crippen LogP contribution in [0.4, 0.5) is 5.69 Å². The van der Waals surface area contributed by atoms with Gasteiger partial charge in [-0.25, -0.2) is 0 Å². The van der Waals surface area contributed by atoms with Gasteiger partial charge in [-0.15, -0.1) is 0 Å². The molecule has 4 aliphatic carbocycles. The van der Waals surface area contributed by atoms with E-state index in [9.17, 15) is 9.59 Å². The van der Waals surface area contributed by atoms with Crippen LogP contribution in [-0.2, 0) is 14.3 Å². The number of ether oxygens (including phenoxy) is 2. The minimum atomic E-state index is -0.914. The summed E-state index contributed by atoms with van der Waals surface area (Å²) in [4.78, 5) is 26.4. The smallest absolute Gasteiger partial charge is 0.312 e. The third-order valence-electron chi connectivity index (χ3n) is 8.03. The van der Waals surface area contributed by atoms with Crippen LogP contribution in [-0.4, -0.2) is 29.4 Å². The lowest BCUT2D eigenvalue weighted by Gasteiger charge is -2.58. The van der Waals surface area contributed by atoms with Crippen LogP contribution in [0.2, 0.25) is 0 Å². The molecule has 4 bridgehead atoms. The number of fused-ring (bicyclic) bond motifs is 3. The van der Waals surface area contributed by atoms with Crippen molar-refractivity contribution in [2.75, 3.05) is 12.4 Å². The number of amides is 1. The van der Waals surface area contributed by atoms with Gasteiger partial charge in [-0.05, 0) is 69.4 Å². The summed E-state index contributed by atoms with van der Waals surface area (Å²) in [7, 11) is 1.56. The summed E-state index contributed by atoms with van der Waals surface area (Å²) in [6.07, 6.45) is 5.13. The fourth-order valence-electron chi connectivity index (χ4n) is 6.98. The topological polar surface area (TPSA) is 77.8 Å². The average Bonchev–Trinajstić information content (AvgIpc) is 3.14. The van der Waals surface area contributed by atoms with Crippen molar-refractivity contribution < 1.29 is 23.5 Å². The molecule has 6 nitrogen and oxygen atoms in total. The van der Waals surface area contributed by atoms with Crippen molar-refractivity contribution in [3.05, 3.63) is 36.4 Å². The van der Waals surface area contributed by atoms with Crippen LogP contribution in [0.3, 0.4) is 0 Å². The molecule has 1 heterocycles. The van der Waals surface area contributed by atoms with Gasteiger partial charge in [-0.2, -0.15) is 0 Å². The zero-order valence-electron chi connectivity index (χ0n) is 19.4. The van der Waals surface area contributed by atoms with E-state index in [0.717, 1.165) is 48.5 Å². The molecule has 3 atom stereocenters. The Labute approximate surface area is 206 Å². The van der Waals surface area contributed by atoms with Crippen LogP contribution in [0.25, 0.3) is 21.9 Å². The first kappa shape index (κ1) is 22.0. The number of methoxy groups -OCH3 is 1. The molecule has 1 aromatic heterocycles. The first-order valence-electron chi connectivity index (χ1n) is 12.0. The van der Waals surface area contributed by atoms with Crippen LogP contribution in [0, 0.1) is 17.3 Å². The van der Waals surface area contributed by atoms with Crippen molar-refractivity contribution >= 4 is 55.4 Å². The largest absolute Gasteiger partial charge is 0.495 e. The molecular formula is C27H28BrNO5. The van der Waals surface area contributed by atoms with Gasteiger partial charge in [0.1, 0.15) is 16.9 Å². The van der Waals surface area contributed by atoms with Gasteiger partial charge >= 0.3 is 5.97 Å². The van der Waals surface area contributed by atoms with E-state index in [0.29, 0.717) is 28.9 Å². The second-order valence-electron chi connectivity index (χ2n) is 10.6. The number of rotatable bonds is 5. The molecular weight excluding hydrogens is 498 g/mol. The molecule has 0 spiro atoms. The molecule has 0 aliphatic heterocycles. The molecule has 4 aliphatic rings. The van der Waals surface area contributed by atoms with E-state index in [1.807, 2.05) is 30.3 Å². The number of nitrogens with one attached hydrogen (secondary N) is 1. The fraction of sp³-hybridized carbons (Fsp3) is 0.481. The van der Waals surface area contributed by atoms with E-state index in [4.69, 9.17) is 13.9 Å². The highest BCUT2D eigenvalue weighted by Gasteiger charge is 2.60. The predicted molar refractivity (Wildman–Crippen MR) is 133 cm³/mol. The second-order valence-corrected chi connectivity index (χ2v) is 12.3. The van der Waals surface area contributed by atoms with Crippen molar-refractivity contribution in [2.24, 2.45) is 17.3 Å². The van der Waals surface area contributed by atoms with E-state index >= 15 is 0 Å². The Balaban J connectivity index is 1.20. The van der Waals surface area contributed by atoms with Gasteiger partial charge < -0.3 is 19.2 Å². The summed E-state index contributed by atoms with van der Waals surface area (Å²) in [6, 6.07) is 11.4. The third kappa shape index (κ3) is 3.51. The number of anilines is 1. The van der Waals surface area contributed by atoms with Crippen LogP contribution in [0.5, 0.6) is 5.75 Å². The SMILES string of the molecule is COc1cc2c(cc1NC(=O)[C@H](C)OC(=O)C13C[C@@H]4C[C@H](CC(Br)(C4)C1)C3)oc1ccccc12. The highest BCUT2D eigenvalue weighted by atomic mass is 79.9. The quantitative estimate of drug-likeness (QED) is 0.317. The number of hydrogen-bond donors (Lipinski definition) is 1. The van der Waals surface area contributed by atoms with Crippen LogP contribution in [0.1, 0.15) is 45.4 Å². The summed E-state index contributed by atoms with van der Waals surface area (Å²) < 4.78 is 17.3. The van der Waals surface area contributed by atoms with Crippen LogP contribution in [0.15, 0.2) is 40.8 Å². The molecule has 7 heteroatoms. The normalized spacial score (nSPS) is 30.4. The molecule has 3 aromatic rings. The third-order valence-corrected chi connectivity index (χ3v) is 8.96. The Bertz CT molecular complexity index is 1300. The zero-order chi connectivity index (χ0) is 23.7. The summed E-state index contributed by atoms with van der Waals surface area (Å²) in [5.41, 5.74) is 1.44. The minimum Gasteiger partial charge on any atom is -0.495 e. The van der Waals surface area contributed by atoms with Gasteiger partial charge in [0.15, 0.2) is 6.10 Å². The highest BCUT2D eigenvalue weighted by molar-refractivity contribution is 9.10. The zero-order valence-corrected chi connectivity index (χ0v) is 20.9. The van der Waals surface area contributed by atoms with Gasteiger partial charge in [0, 0.05) is 21.2 Å². The molecule has 0 radical (unpaired) electrons. The number of carbonyl (C=O) groups is 2. The number of halogens is 1. The molecule has 7 rings (SSSR count). The first-order chi connectivity index (χ1) is 16.3. The van der Waals surface area contributed by atoms with Crippen molar-refractivity contribution in [1.29, 1.82) is 0 Å². The maximum atomic E-state index is 13.3. The Morgan fingerprint density at radius 1 is 1.09 bits per heavy atom. The number of para-hydroxylation sites is 1. The predicted octanol–water partition coefficient (Wildman–Crippen LogP) is 6.20. The Kier molecular flexibility index (Phi) is 5.00. The number of benzene rings is 2. The first-order valence-corrected chi connectivity index (χ1v) is 12.8. The monoisotopic (exact) mass is 525 g/mol. The van der Waals surface area contributed by atoms with E-state index in [2.05, 4.69) is 21.2 Å². The van der Waals surface area contributed by atoms with E-state index < -0.39 is 11.5 Å². The molecule has 1 N–H and O–H groups in total. The number of esters is 1. The van der Waals surface area contributed by atoms with Gasteiger partial charge in [0.05, 0.1) is 18.2 Å². The van der Waals surface area contributed by atoms with Crippen LogP contribution >= 0.6 is 15.9 Å². The molecule has 178 valence electrons. The van der Waals surface area contributed by atoms with Gasteiger partial charge in [0.25, 0.3) is 5.91 Å². The maximum Gasteiger partial charge on any atom is 0.312 e. The number of hydrogen-bond acceptors (Lipinski definition) is 5. The molecule has 0 unspecified atom stereocenters. The van der Waals surface area contributed by atoms with E-state index in [-0.39, 0.29) is 16.2 Å². The van der Waals surface area contributed by atoms with Crippen molar-refractivity contribution in [2.45, 2.75) is 55.9 Å². The minimum absolute atomic E-state index is 0.0525. The standard InChI is InChI=1S/C27H28BrNO5/c1-15(33-25(31)26-10-16-7-17(11-26)13-27(28,12-16)14-26)24(30)29-20-9-22-19(8-23(20)32-2)18-5-3-4-6-21(18)34-22/h3-6,8-9,15-17H,7,10-14H2,1-2H3,(H,29,30)/t15-,16-,17-,26?,27?/m0/s1. The van der Waals surface area contributed by atoms with Gasteiger partial charge in [-0.3, -0.25) is 9.59 Å². The highest BCUT2D eigenvalue weighted by Crippen LogP contribution is 2.64. The van der Waals surface area contributed by atoms with E-state index in [1.165, 1.54) is 6.42 Å². The van der Waals surface area contributed by atoms with E-state index in [1.54, 1.807) is 20.1 Å². The number of carbonyl (C=O) groups excluding carboxylic acids is 2. The Morgan fingerprint density at radius 2 is 1.82 bits per heavy atom. The maximum absolute atomic E-state index is 13.3. The molecule has 2 aromatic carbocycles. The van der Waals surface area contributed by atoms with Crippen molar-refractivity contribution in [1.82, 2.24) is 0 Å². The van der Waals surface area contributed by atoms with Crippen molar-refractivity contribution in [3.8, 4) is 5.75 Å². The fourth-order valence-corrected chi connectivity index (χ4v) is 8.43. The second kappa shape index (κ2) is 7.74. The summed E-state index contributed by atoms with van der Waals surface area (Å²) in [6.45, 7) is 1.63.